The zero-order valence-electron chi connectivity index (χ0n) is 21.1. The zero-order chi connectivity index (χ0) is 27.4. The number of carbonyl (C=O) groups is 1. The van der Waals surface area contributed by atoms with Gasteiger partial charge in [0.25, 0.3) is 0 Å². The number of ketones is 1. The van der Waals surface area contributed by atoms with Crippen molar-refractivity contribution in [3.8, 4) is 17.2 Å². The van der Waals surface area contributed by atoms with Crippen molar-refractivity contribution < 1.29 is 30.0 Å². The Labute approximate surface area is 215 Å². The Balaban J connectivity index is 2.21. The summed E-state index contributed by atoms with van der Waals surface area (Å²) in [4.78, 5) is 40.2. The molecule has 8 heteroatoms. The Hall–Kier alpha value is -4.27. The maximum Gasteiger partial charge on any atom is 0.193 e. The monoisotopic (exact) mass is 512 g/mol. The molecule has 0 bridgehead atoms. The zero-order valence-corrected chi connectivity index (χ0v) is 21.1. The smallest absolute Gasteiger partial charge is 0.193 e. The summed E-state index contributed by atoms with van der Waals surface area (Å²) < 4.78 is 5.64. The van der Waals surface area contributed by atoms with Gasteiger partial charge >= 0.3 is 0 Å². The first kappa shape index (κ1) is 24.1. The van der Waals surface area contributed by atoms with Crippen molar-refractivity contribution >= 4 is 54.9 Å². The summed E-state index contributed by atoms with van der Waals surface area (Å²) in [7, 11) is 1.34. The predicted molar refractivity (Wildman–Crippen MR) is 145 cm³/mol. The predicted octanol–water partition coefficient (Wildman–Crippen LogP) is 3.70. The summed E-state index contributed by atoms with van der Waals surface area (Å²) in [5, 5.41) is 45.4. The fourth-order valence-corrected chi connectivity index (χ4v) is 6.59. The van der Waals surface area contributed by atoms with E-state index in [1.54, 1.807) is 19.9 Å². The molecule has 0 fully saturated rings. The molecule has 0 aliphatic heterocycles. The molecule has 0 heterocycles. The number of aliphatic hydroxyl groups is 2. The van der Waals surface area contributed by atoms with E-state index in [2.05, 4.69) is 0 Å². The Morgan fingerprint density at radius 3 is 2.05 bits per heavy atom. The third kappa shape index (κ3) is 2.68. The molecule has 192 valence electrons. The van der Waals surface area contributed by atoms with Gasteiger partial charge in [0.05, 0.1) is 37.0 Å². The summed E-state index contributed by atoms with van der Waals surface area (Å²) in [5.41, 5.74) is 1.34. The van der Waals surface area contributed by atoms with Crippen LogP contribution in [0.4, 0.5) is 0 Å². The summed E-state index contributed by atoms with van der Waals surface area (Å²) in [6, 6.07) is 2.53. The van der Waals surface area contributed by atoms with Crippen LogP contribution in [0.25, 0.3) is 49.2 Å². The van der Waals surface area contributed by atoms with Gasteiger partial charge in [0.2, 0.25) is 0 Å². The lowest BCUT2D eigenvalue weighted by Crippen LogP contribution is -2.14. The minimum atomic E-state index is -0.871. The van der Waals surface area contributed by atoms with Crippen molar-refractivity contribution in [2.75, 3.05) is 7.11 Å². The number of fused-ring (bicyclic) bond motifs is 1. The third-order valence-electron chi connectivity index (χ3n) is 8.04. The highest BCUT2D eigenvalue weighted by atomic mass is 16.5. The van der Waals surface area contributed by atoms with Crippen molar-refractivity contribution in [3.63, 3.8) is 0 Å². The Kier molecular flexibility index (Phi) is 4.99. The number of Topliss-reactive ketones (excluding diaryl/α,β-unsaturated/α-hetero) is 1. The fraction of sp³-hybridized carbons (Fsp3) is 0.233. The third-order valence-corrected chi connectivity index (χ3v) is 8.04. The van der Waals surface area contributed by atoms with Gasteiger partial charge in [-0.2, -0.15) is 0 Å². The van der Waals surface area contributed by atoms with Crippen molar-refractivity contribution in [1.29, 1.82) is 0 Å². The van der Waals surface area contributed by atoms with E-state index in [0.717, 1.165) is 0 Å². The summed E-state index contributed by atoms with van der Waals surface area (Å²) in [6.45, 7) is 3.77. The number of ether oxygens (including phenoxy) is 1. The number of phenolic OH excluding ortho intramolecular Hbond substituents is 2. The molecule has 0 spiro atoms. The van der Waals surface area contributed by atoms with Crippen molar-refractivity contribution in [2.45, 2.75) is 39.9 Å². The average molecular weight is 513 g/mol. The fourth-order valence-electron chi connectivity index (χ4n) is 6.59. The van der Waals surface area contributed by atoms with Gasteiger partial charge < -0.3 is 25.2 Å². The number of aliphatic hydroxyl groups excluding tert-OH is 2. The maximum atomic E-state index is 13.7. The van der Waals surface area contributed by atoms with Crippen LogP contribution in [0.3, 0.4) is 0 Å². The van der Waals surface area contributed by atoms with E-state index in [0.29, 0.717) is 54.6 Å². The Morgan fingerprint density at radius 1 is 0.868 bits per heavy atom. The molecule has 1 unspecified atom stereocenters. The molecule has 4 N–H and O–H groups in total. The van der Waals surface area contributed by atoms with Crippen LogP contribution in [-0.4, -0.2) is 33.3 Å². The van der Waals surface area contributed by atoms with E-state index in [1.165, 1.54) is 26.2 Å². The first-order chi connectivity index (χ1) is 18.1. The average Bonchev–Trinajstić information content (AvgIpc) is 3.01. The number of rotatable bonds is 4. The van der Waals surface area contributed by atoms with Crippen LogP contribution in [0, 0.1) is 6.92 Å². The molecule has 0 radical (unpaired) electrons. The second-order valence-corrected chi connectivity index (χ2v) is 10.0. The molecular weight excluding hydrogens is 488 g/mol. The van der Waals surface area contributed by atoms with E-state index in [-0.39, 0.29) is 39.2 Å². The highest BCUT2D eigenvalue weighted by molar-refractivity contribution is 6.38. The largest absolute Gasteiger partial charge is 0.507 e. The van der Waals surface area contributed by atoms with Crippen molar-refractivity contribution in [1.82, 2.24) is 0 Å². The van der Waals surface area contributed by atoms with Crippen LogP contribution in [-0.2, 0) is 18.0 Å². The van der Waals surface area contributed by atoms with Crippen LogP contribution >= 0.6 is 0 Å². The number of allylic oxidation sites excluding steroid dienone is 1. The van der Waals surface area contributed by atoms with Gasteiger partial charge in [-0.1, -0.05) is 11.6 Å². The molecule has 1 aliphatic carbocycles. The van der Waals surface area contributed by atoms with Crippen molar-refractivity contribution in [3.05, 3.63) is 66.0 Å². The van der Waals surface area contributed by atoms with Gasteiger partial charge in [-0.15, -0.1) is 0 Å². The number of methoxy groups -OCH3 is 1. The van der Waals surface area contributed by atoms with Crippen LogP contribution in [0.1, 0.15) is 47.6 Å². The van der Waals surface area contributed by atoms with Crippen LogP contribution in [0.2, 0.25) is 0 Å². The molecule has 0 saturated heterocycles. The number of hydrogen-bond acceptors (Lipinski definition) is 8. The molecule has 6 rings (SSSR count). The molecule has 38 heavy (non-hydrogen) atoms. The van der Waals surface area contributed by atoms with Gasteiger partial charge in [0.1, 0.15) is 11.5 Å². The lowest BCUT2D eigenvalue weighted by molar-refractivity contribution is -0.117. The SMILES string of the molecule is COc1c(O)c2c(=O)cc(CO)c3c4c(CO)cc(O)c5c(=O)c(C)c6c(c(c1C(C(C)=O)C(C)=C6)c23)c54. The summed E-state index contributed by atoms with van der Waals surface area (Å²) >= 11 is 0. The van der Waals surface area contributed by atoms with Crippen molar-refractivity contribution in [2.24, 2.45) is 0 Å². The first-order valence-corrected chi connectivity index (χ1v) is 12.1. The molecule has 8 nitrogen and oxygen atoms in total. The maximum absolute atomic E-state index is 13.7. The quantitative estimate of drug-likeness (QED) is 0.211. The summed E-state index contributed by atoms with van der Waals surface area (Å²) in [5.74, 6) is -1.88. The van der Waals surface area contributed by atoms with E-state index < -0.39 is 35.7 Å². The van der Waals surface area contributed by atoms with Gasteiger partial charge in [-0.05, 0) is 71.1 Å². The van der Waals surface area contributed by atoms with E-state index >= 15 is 0 Å². The van der Waals surface area contributed by atoms with Gasteiger partial charge in [-0.25, -0.2) is 0 Å². The molecule has 5 aromatic carbocycles. The molecular formula is C30H24O8. The minimum absolute atomic E-state index is 0.0314. The molecule has 1 aliphatic rings. The number of hydrogen-bond donors (Lipinski definition) is 4. The van der Waals surface area contributed by atoms with E-state index in [1.807, 2.05) is 0 Å². The number of carbonyl (C=O) groups excluding carboxylic acids is 1. The molecule has 1 atom stereocenters. The Bertz CT molecular complexity index is 2040. The first-order valence-electron chi connectivity index (χ1n) is 12.1. The van der Waals surface area contributed by atoms with Crippen LogP contribution in [0.15, 0.2) is 27.3 Å². The summed E-state index contributed by atoms with van der Waals surface area (Å²) in [6.07, 6.45) is 1.76. The highest BCUT2D eigenvalue weighted by Crippen LogP contribution is 2.55. The van der Waals surface area contributed by atoms with Gasteiger partial charge in [0, 0.05) is 21.9 Å². The highest BCUT2D eigenvalue weighted by Gasteiger charge is 2.36. The van der Waals surface area contributed by atoms with Crippen LogP contribution < -0.4 is 15.6 Å². The van der Waals surface area contributed by atoms with Gasteiger partial charge in [-0.3, -0.25) is 14.4 Å². The number of phenols is 2. The van der Waals surface area contributed by atoms with Crippen LogP contribution in [0.5, 0.6) is 17.2 Å². The standard InChI is InChI=1S/C30H24O8/c1-10-5-15-11(2)28(36)22-16(34)6-13(8-31)19-20-14(9-32)7-17(35)23-25(20)26(21(15)24(19)22)27(18(10)12(3)33)30(38-4)29(23)37/h5-7,18,31-32,34,37H,8-9H2,1-4H3. The topological polar surface area (TPSA) is 141 Å². The molecule has 5 aromatic rings. The lowest BCUT2D eigenvalue weighted by atomic mass is 9.79. The molecule has 0 aromatic heterocycles. The van der Waals surface area contributed by atoms with Gasteiger partial charge in [0.15, 0.2) is 22.4 Å². The second-order valence-electron chi connectivity index (χ2n) is 10.0. The normalized spacial score (nSPS) is 15.2. The molecule has 0 saturated carbocycles. The van der Waals surface area contributed by atoms with E-state index in [4.69, 9.17) is 4.74 Å². The number of benzene rings is 5. The second kappa shape index (κ2) is 7.86. The Morgan fingerprint density at radius 2 is 1.47 bits per heavy atom. The molecule has 0 amide bonds. The van der Waals surface area contributed by atoms with E-state index in [9.17, 15) is 34.8 Å². The lowest BCUT2D eigenvalue weighted by Gasteiger charge is -2.25. The minimum Gasteiger partial charge on any atom is -0.507 e. The number of aromatic hydroxyl groups is 2.